The molecule has 0 amide bonds. The van der Waals surface area contributed by atoms with Crippen molar-refractivity contribution in [2.45, 2.75) is 38.6 Å². The minimum Gasteiger partial charge on any atom is -0.300 e. The van der Waals surface area contributed by atoms with Gasteiger partial charge in [-0.1, -0.05) is 13.3 Å². The van der Waals surface area contributed by atoms with E-state index in [0.29, 0.717) is 0 Å². The zero-order valence-electron chi connectivity index (χ0n) is 8.00. The third-order valence-corrected chi connectivity index (χ3v) is 4.55. The Balaban J connectivity index is 1.90. The Hall–Kier alpha value is -0.0400. The lowest BCUT2D eigenvalue weighted by molar-refractivity contribution is -0.0308. The highest BCUT2D eigenvalue weighted by Crippen LogP contribution is 2.47. The summed E-state index contributed by atoms with van der Waals surface area (Å²) in [6.45, 7) is 5.29. The van der Waals surface area contributed by atoms with Crippen LogP contribution >= 0.6 is 0 Å². The summed E-state index contributed by atoms with van der Waals surface area (Å²) in [4.78, 5) is 2.78. The highest BCUT2D eigenvalue weighted by atomic mass is 15.2. The maximum absolute atomic E-state index is 2.78. The molecule has 0 radical (unpaired) electrons. The largest absolute Gasteiger partial charge is 0.300 e. The van der Waals surface area contributed by atoms with Gasteiger partial charge in [0, 0.05) is 12.6 Å². The highest BCUT2D eigenvalue weighted by molar-refractivity contribution is 4.99. The molecule has 0 aromatic carbocycles. The number of fused-ring (bicyclic) bond motifs is 2. The Kier molecular flexibility index (Phi) is 1.52. The van der Waals surface area contributed by atoms with Crippen LogP contribution in [0.3, 0.4) is 0 Å². The molecule has 1 heteroatoms. The van der Waals surface area contributed by atoms with E-state index < -0.39 is 0 Å². The molecular weight excluding hydrogens is 146 g/mol. The van der Waals surface area contributed by atoms with Crippen molar-refractivity contribution < 1.29 is 0 Å². The van der Waals surface area contributed by atoms with Gasteiger partial charge >= 0.3 is 0 Å². The number of hydrogen-bond acceptors (Lipinski definition) is 1. The van der Waals surface area contributed by atoms with E-state index in [1.807, 2.05) is 0 Å². The van der Waals surface area contributed by atoms with E-state index in [4.69, 9.17) is 0 Å². The molecule has 0 spiro atoms. The maximum Gasteiger partial charge on any atom is 0.0126 e. The van der Waals surface area contributed by atoms with Crippen LogP contribution in [0.25, 0.3) is 0 Å². The Bertz CT molecular complexity index is 189. The normalized spacial score (nSPS) is 57.2. The Morgan fingerprint density at radius 3 is 2.83 bits per heavy atom. The van der Waals surface area contributed by atoms with Gasteiger partial charge in [-0.2, -0.15) is 0 Å². The molecule has 12 heavy (non-hydrogen) atoms. The van der Waals surface area contributed by atoms with Gasteiger partial charge in [-0.05, 0) is 43.6 Å². The van der Waals surface area contributed by atoms with Gasteiger partial charge < -0.3 is 0 Å². The molecule has 5 unspecified atom stereocenters. The molecule has 5 atom stereocenters. The third kappa shape index (κ3) is 0.834. The lowest BCUT2D eigenvalue weighted by Gasteiger charge is -2.52. The Morgan fingerprint density at radius 2 is 2.00 bits per heavy atom. The van der Waals surface area contributed by atoms with Crippen molar-refractivity contribution in [2.75, 3.05) is 13.1 Å². The number of nitrogens with zero attached hydrogens (tertiary/aromatic N) is 1. The van der Waals surface area contributed by atoms with Crippen LogP contribution in [0.5, 0.6) is 0 Å². The van der Waals surface area contributed by atoms with Gasteiger partial charge in [0.25, 0.3) is 0 Å². The van der Waals surface area contributed by atoms with Crippen LogP contribution < -0.4 is 0 Å². The van der Waals surface area contributed by atoms with Crippen molar-refractivity contribution in [2.24, 2.45) is 17.8 Å². The standard InChI is InChI=1S/C11H19N/c1-8-7-12-6-5-9(8)10-3-2-4-11(10)12/h8-11H,2-7H2,1H3. The maximum atomic E-state index is 2.78. The first-order valence-corrected chi connectivity index (χ1v) is 5.60. The van der Waals surface area contributed by atoms with Gasteiger partial charge in [-0.15, -0.1) is 0 Å². The number of hydrogen-bond donors (Lipinski definition) is 0. The quantitative estimate of drug-likeness (QED) is 0.531. The van der Waals surface area contributed by atoms with Crippen LogP contribution in [0, 0.1) is 17.8 Å². The fourth-order valence-electron chi connectivity index (χ4n) is 4.06. The molecule has 3 heterocycles. The van der Waals surface area contributed by atoms with Crippen molar-refractivity contribution in [1.82, 2.24) is 4.90 Å². The van der Waals surface area contributed by atoms with Gasteiger partial charge in [0.2, 0.25) is 0 Å². The van der Waals surface area contributed by atoms with E-state index in [1.54, 1.807) is 0 Å². The molecule has 0 N–H and O–H groups in total. The molecule has 3 aliphatic heterocycles. The summed E-state index contributed by atoms with van der Waals surface area (Å²) < 4.78 is 0. The van der Waals surface area contributed by atoms with Crippen molar-refractivity contribution in [3.8, 4) is 0 Å². The molecule has 68 valence electrons. The number of piperidine rings is 3. The Labute approximate surface area is 75.1 Å². The molecular formula is C11H19N. The topological polar surface area (TPSA) is 3.24 Å². The average molecular weight is 165 g/mol. The second kappa shape index (κ2) is 2.47. The van der Waals surface area contributed by atoms with Gasteiger partial charge in [0.15, 0.2) is 0 Å². The number of rotatable bonds is 0. The van der Waals surface area contributed by atoms with Crippen LogP contribution in [0.4, 0.5) is 0 Å². The summed E-state index contributed by atoms with van der Waals surface area (Å²) >= 11 is 0. The predicted molar refractivity (Wildman–Crippen MR) is 50.0 cm³/mol. The van der Waals surface area contributed by atoms with Gasteiger partial charge in [0.05, 0.1) is 0 Å². The van der Waals surface area contributed by atoms with Crippen molar-refractivity contribution >= 4 is 0 Å². The first-order valence-electron chi connectivity index (χ1n) is 5.60. The fraction of sp³-hybridized carbons (Fsp3) is 1.00. The van der Waals surface area contributed by atoms with Crippen LogP contribution in [0.1, 0.15) is 32.6 Å². The van der Waals surface area contributed by atoms with E-state index in [0.717, 1.165) is 23.8 Å². The van der Waals surface area contributed by atoms with E-state index >= 15 is 0 Å². The van der Waals surface area contributed by atoms with Crippen molar-refractivity contribution in [3.05, 3.63) is 0 Å². The summed E-state index contributed by atoms with van der Waals surface area (Å²) in [5.41, 5.74) is 0. The average Bonchev–Trinajstić information content (AvgIpc) is 2.53. The first kappa shape index (κ1) is 7.37. The lowest BCUT2D eigenvalue weighted by Crippen LogP contribution is -2.56. The lowest BCUT2D eigenvalue weighted by atomic mass is 9.70. The minimum atomic E-state index is 0.998. The smallest absolute Gasteiger partial charge is 0.0126 e. The molecule has 1 saturated carbocycles. The SMILES string of the molecule is CC1CN2CCC1C1CCCC12. The van der Waals surface area contributed by atoms with Crippen LogP contribution in [0.15, 0.2) is 0 Å². The van der Waals surface area contributed by atoms with Gasteiger partial charge in [-0.3, -0.25) is 4.90 Å². The van der Waals surface area contributed by atoms with Gasteiger partial charge in [0.1, 0.15) is 0 Å². The van der Waals surface area contributed by atoms with Crippen molar-refractivity contribution in [3.63, 3.8) is 0 Å². The molecule has 0 aromatic rings. The molecule has 1 nitrogen and oxygen atoms in total. The molecule has 3 saturated heterocycles. The van der Waals surface area contributed by atoms with E-state index in [9.17, 15) is 0 Å². The van der Waals surface area contributed by atoms with Crippen molar-refractivity contribution in [1.29, 1.82) is 0 Å². The van der Waals surface area contributed by atoms with E-state index in [-0.39, 0.29) is 0 Å². The predicted octanol–water partition coefficient (Wildman–Crippen LogP) is 2.13. The second-order valence-corrected chi connectivity index (χ2v) is 5.09. The van der Waals surface area contributed by atoms with E-state index in [2.05, 4.69) is 11.8 Å². The zero-order chi connectivity index (χ0) is 8.13. The summed E-state index contributed by atoms with van der Waals surface area (Å²) in [7, 11) is 0. The zero-order valence-corrected chi connectivity index (χ0v) is 8.00. The van der Waals surface area contributed by atoms with Gasteiger partial charge in [-0.25, -0.2) is 0 Å². The molecule has 0 aromatic heterocycles. The summed E-state index contributed by atoms with van der Waals surface area (Å²) in [5, 5.41) is 0. The monoisotopic (exact) mass is 165 g/mol. The van der Waals surface area contributed by atoms with Crippen LogP contribution in [-0.2, 0) is 0 Å². The molecule has 4 aliphatic rings. The first-order chi connectivity index (χ1) is 5.86. The van der Waals surface area contributed by atoms with E-state index in [1.165, 1.54) is 38.8 Å². The highest BCUT2D eigenvalue weighted by Gasteiger charge is 2.47. The van der Waals surface area contributed by atoms with Crippen LogP contribution in [0.2, 0.25) is 0 Å². The summed E-state index contributed by atoms with van der Waals surface area (Å²) in [5.74, 6) is 3.20. The molecule has 1 aliphatic carbocycles. The summed E-state index contributed by atoms with van der Waals surface area (Å²) in [6.07, 6.45) is 6.06. The molecule has 2 bridgehead atoms. The van der Waals surface area contributed by atoms with Crippen LogP contribution in [-0.4, -0.2) is 24.0 Å². The molecule has 4 rings (SSSR count). The summed E-state index contributed by atoms with van der Waals surface area (Å²) in [6, 6.07) is 1.01. The molecule has 4 fully saturated rings. The fourth-order valence-corrected chi connectivity index (χ4v) is 4.06. The minimum absolute atomic E-state index is 0.998. The Morgan fingerprint density at radius 1 is 1.08 bits per heavy atom. The third-order valence-electron chi connectivity index (χ3n) is 4.55. The second-order valence-electron chi connectivity index (χ2n) is 5.09.